The first kappa shape index (κ1) is 14.0. The van der Waals surface area contributed by atoms with E-state index in [1.807, 2.05) is 25.1 Å². The number of methoxy groups -OCH3 is 1. The summed E-state index contributed by atoms with van der Waals surface area (Å²) in [6.07, 6.45) is 0. The van der Waals surface area contributed by atoms with Crippen LogP contribution in [0.4, 0.5) is 0 Å². The lowest BCUT2D eigenvalue weighted by Crippen LogP contribution is -2.40. The number of hydrogen-bond donors (Lipinski definition) is 2. The minimum atomic E-state index is -0.224. The van der Waals surface area contributed by atoms with Crippen LogP contribution in [0.2, 0.25) is 0 Å². The first-order chi connectivity index (χ1) is 8.08. The molecular weight excluding hydrogens is 284 g/mol. The van der Waals surface area contributed by atoms with Crippen molar-refractivity contribution in [2.24, 2.45) is 0 Å². The molecule has 0 saturated carbocycles. The number of amides is 1. The third kappa shape index (κ3) is 4.02. The Kier molecular flexibility index (Phi) is 5.44. The Balaban J connectivity index is 2.65. The minimum absolute atomic E-state index is 0.0241. The maximum absolute atomic E-state index is 11.3. The smallest absolute Gasteiger partial charge is 0.236 e. The number of hydrogen-bond acceptors (Lipinski definition) is 3. The largest absolute Gasteiger partial charge is 0.497 e. The zero-order chi connectivity index (χ0) is 12.8. The van der Waals surface area contributed by atoms with Gasteiger partial charge in [-0.2, -0.15) is 0 Å². The number of carbonyl (C=O) groups is 1. The number of nitrogens with one attached hydrogen (secondary N) is 2. The quantitative estimate of drug-likeness (QED) is 0.870. The van der Waals surface area contributed by atoms with E-state index in [4.69, 9.17) is 4.74 Å². The summed E-state index contributed by atoms with van der Waals surface area (Å²) in [5, 5.41) is 5.74. The van der Waals surface area contributed by atoms with E-state index in [-0.39, 0.29) is 11.9 Å². The molecule has 1 aromatic rings. The number of ether oxygens (including phenoxy) is 1. The average molecular weight is 301 g/mol. The summed E-state index contributed by atoms with van der Waals surface area (Å²) in [5.74, 6) is 0.779. The van der Waals surface area contributed by atoms with Gasteiger partial charge in [-0.15, -0.1) is 0 Å². The van der Waals surface area contributed by atoms with E-state index in [2.05, 4.69) is 26.6 Å². The van der Waals surface area contributed by atoms with Gasteiger partial charge in [0.25, 0.3) is 0 Å². The number of halogens is 1. The normalized spacial score (nSPS) is 12.0. The highest BCUT2D eigenvalue weighted by atomic mass is 79.9. The zero-order valence-electron chi connectivity index (χ0n) is 10.2. The topological polar surface area (TPSA) is 50.4 Å². The van der Waals surface area contributed by atoms with Crippen LogP contribution < -0.4 is 15.4 Å². The molecule has 0 bridgehead atoms. The van der Waals surface area contributed by atoms with Gasteiger partial charge in [-0.1, -0.05) is 15.9 Å². The van der Waals surface area contributed by atoms with Crippen LogP contribution >= 0.6 is 15.9 Å². The highest BCUT2D eigenvalue weighted by Crippen LogP contribution is 2.22. The van der Waals surface area contributed by atoms with Gasteiger partial charge in [-0.25, -0.2) is 0 Å². The summed E-state index contributed by atoms with van der Waals surface area (Å²) in [6.45, 7) is 2.43. The van der Waals surface area contributed by atoms with Gasteiger partial charge in [0.05, 0.1) is 13.2 Å². The van der Waals surface area contributed by atoms with Gasteiger partial charge in [0, 0.05) is 18.1 Å². The van der Waals surface area contributed by atoms with Crippen LogP contribution in [0.25, 0.3) is 0 Å². The van der Waals surface area contributed by atoms with E-state index in [0.29, 0.717) is 6.54 Å². The summed E-state index contributed by atoms with van der Waals surface area (Å²) in [4.78, 5) is 11.3. The van der Waals surface area contributed by atoms with Crippen molar-refractivity contribution >= 4 is 21.8 Å². The Hall–Kier alpha value is -1.07. The minimum Gasteiger partial charge on any atom is -0.497 e. The first-order valence-corrected chi connectivity index (χ1v) is 6.15. The molecule has 4 nitrogen and oxygen atoms in total. The van der Waals surface area contributed by atoms with Crippen LogP contribution in [0.1, 0.15) is 12.5 Å². The molecule has 1 amide bonds. The summed E-state index contributed by atoms with van der Waals surface area (Å²) in [6, 6.07) is 5.53. The second-order valence-electron chi connectivity index (χ2n) is 3.67. The van der Waals surface area contributed by atoms with E-state index in [1.165, 1.54) is 0 Å². The first-order valence-electron chi connectivity index (χ1n) is 5.36. The van der Waals surface area contributed by atoms with Gasteiger partial charge in [0.2, 0.25) is 5.91 Å². The SMILES string of the molecule is CNC(=O)C(C)NCc1cc(OC)ccc1Br. The predicted octanol–water partition coefficient (Wildman–Crippen LogP) is 1.68. The number of carbonyl (C=O) groups excluding carboxylic acids is 1. The Morgan fingerprint density at radius 2 is 2.24 bits per heavy atom. The van der Waals surface area contributed by atoms with Gasteiger partial charge in [-0.05, 0) is 30.7 Å². The van der Waals surface area contributed by atoms with E-state index in [9.17, 15) is 4.79 Å². The van der Waals surface area contributed by atoms with E-state index >= 15 is 0 Å². The number of rotatable bonds is 5. The van der Waals surface area contributed by atoms with Crippen LogP contribution in [0.3, 0.4) is 0 Å². The molecule has 1 aromatic carbocycles. The molecule has 0 heterocycles. The second kappa shape index (κ2) is 6.61. The zero-order valence-corrected chi connectivity index (χ0v) is 11.8. The maximum Gasteiger partial charge on any atom is 0.236 e. The number of benzene rings is 1. The Morgan fingerprint density at radius 1 is 1.53 bits per heavy atom. The summed E-state index contributed by atoms with van der Waals surface area (Å²) >= 11 is 3.47. The number of likely N-dealkylation sites (N-methyl/N-ethyl adjacent to an activating group) is 1. The molecule has 1 atom stereocenters. The van der Waals surface area contributed by atoms with Gasteiger partial charge in [-0.3, -0.25) is 4.79 Å². The lowest BCUT2D eigenvalue weighted by Gasteiger charge is -2.13. The van der Waals surface area contributed by atoms with Gasteiger partial charge in [0.15, 0.2) is 0 Å². The third-order valence-electron chi connectivity index (χ3n) is 2.49. The van der Waals surface area contributed by atoms with Gasteiger partial charge in [0.1, 0.15) is 5.75 Å². The van der Waals surface area contributed by atoms with Gasteiger partial charge < -0.3 is 15.4 Å². The van der Waals surface area contributed by atoms with Crippen LogP contribution in [0.15, 0.2) is 22.7 Å². The molecule has 0 aliphatic rings. The molecule has 0 spiro atoms. The lowest BCUT2D eigenvalue weighted by molar-refractivity contribution is -0.122. The monoisotopic (exact) mass is 300 g/mol. The van der Waals surface area contributed by atoms with Crippen molar-refractivity contribution in [2.45, 2.75) is 19.5 Å². The predicted molar refractivity (Wildman–Crippen MR) is 71.1 cm³/mol. The van der Waals surface area contributed by atoms with E-state index < -0.39 is 0 Å². The van der Waals surface area contributed by atoms with Crippen LogP contribution in [-0.2, 0) is 11.3 Å². The molecule has 5 heteroatoms. The van der Waals surface area contributed by atoms with Crippen molar-refractivity contribution in [2.75, 3.05) is 14.2 Å². The fourth-order valence-corrected chi connectivity index (χ4v) is 1.77. The second-order valence-corrected chi connectivity index (χ2v) is 4.53. The summed E-state index contributed by atoms with van der Waals surface area (Å²) < 4.78 is 6.15. The van der Waals surface area contributed by atoms with E-state index in [0.717, 1.165) is 15.8 Å². The van der Waals surface area contributed by atoms with Crippen molar-refractivity contribution < 1.29 is 9.53 Å². The Bertz CT molecular complexity index is 396. The maximum atomic E-state index is 11.3. The summed E-state index contributed by atoms with van der Waals surface area (Å²) in [7, 11) is 3.26. The molecule has 2 N–H and O–H groups in total. The molecule has 0 fully saturated rings. The molecule has 17 heavy (non-hydrogen) atoms. The molecule has 0 aliphatic carbocycles. The molecular formula is C12H17BrN2O2. The Morgan fingerprint density at radius 3 is 2.82 bits per heavy atom. The van der Waals surface area contributed by atoms with Crippen LogP contribution in [-0.4, -0.2) is 26.1 Å². The third-order valence-corrected chi connectivity index (χ3v) is 3.26. The standard InChI is InChI=1S/C12H17BrN2O2/c1-8(12(16)14-2)15-7-9-6-10(17-3)4-5-11(9)13/h4-6,8,15H,7H2,1-3H3,(H,14,16). The average Bonchev–Trinajstić information content (AvgIpc) is 2.36. The van der Waals surface area contributed by atoms with E-state index in [1.54, 1.807) is 14.2 Å². The van der Waals surface area contributed by atoms with Crippen molar-refractivity contribution in [1.29, 1.82) is 0 Å². The highest BCUT2D eigenvalue weighted by Gasteiger charge is 2.10. The van der Waals surface area contributed by atoms with Crippen molar-refractivity contribution in [3.05, 3.63) is 28.2 Å². The fourth-order valence-electron chi connectivity index (χ4n) is 1.39. The highest BCUT2D eigenvalue weighted by molar-refractivity contribution is 9.10. The molecule has 0 aliphatic heterocycles. The van der Waals surface area contributed by atoms with Gasteiger partial charge >= 0.3 is 0 Å². The van der Waals surface area contributed by atoms with Crippen LogP contribution in [0.5, 0.6) is 5.75 Å². The molecule has 0 radical (unpaired) electrons. The Labute approximate surface area is 110 Å². The fraction of sp³-hybridized carbons (Fsp3) is 0.417. The molecule has 0 aromatic heterocycles. The van der Waals surface area contributed by atoms with Crippen molar-refractivity contribution in [1.82, 2.24) is 10.6 Å². The summed E-state index contributed by atoms with van der Waals surface area (Å²) in [5.41, 5.74) is 1.06. The molecule has 94 valence electrons. The van der Waals surface area contributed by atoms with Crippen LogP contribution in [0, 0.1) is 0 Å². The molecule has 0 saturated heterocycles. The molecule has 1 rings (SSSR count). The molecule has 1 unspecified atom stereocenters. The van der Waals surface area contributed by atoms with Crippen molar-refractivity contribution in [3.8, 4) is 5.75 Å². The van der Waals surface area contributed by atoms with Crippen molar-refractivity contribution in [3.63, 3.8) is 0 Å². The lowest BCUT2D eigenvalue weighted by atomic mass is 10.2.